The predicted octanol–water partition coefficient (Wildman–Crippen LogP) is 7.64. The Morgan fingerprint density at radius 2 is 1.61 bits per heavy atom. The molecule has 11 atom stereocenters. The smallest absolute Gasteiger partial charge is 0.310 e. The normalized spacial score (nSPS) is 50.4. The van der Waals surface area contributed by atoms with Crippen molar-refractivity contribution in [3.05, 3.63) is 12.2 Å². The van der Waals surface area contributed by atoms with Crippen LogP contribution in [0.25, 0.3) is 0 Å². The van der Waals surface area contributed by atoms with Gasteiger partial charge in [-0.3, -0.25) is 9.59 Å². The first kappa shape index (κ1) is 29.7. The second kappa shape index (κ2) is 9.83. The summed E-state index contributed by atoms with van der Waals surface area (Å²) in [5.41, 5.74) is 1.14. The lowest BCUT2D eigenvalue weighted by Gasteiger charge is -2.72. The van der Waals surface area contributed by atoms with Gasteiger partial charge in [0.1, 0.15) is 6.10 Å². The van der Waals surface area contributed by atoms with Crippen LogP contribution >= 0.6 is 0 Å². The molecule has 1 aliphatic heterocycles. The molecule has 0 radical (unpaired) electrons. The van der Waals surface area contributed by atoms with Gasteiger partial charge in [-0.15, -0.1) is 0 Å². The molecular weight excluding hydrogens is 510 g/mol. The monoisotopic (exact) mass is 567 g/mol. The fourth-order valence-electron chi connectivity index (χ4n) is 13.0. The van der Waals surface area contributed by atoms with E-state index >= 15 is 0 Å². The maximum absolute atomic E-state index is 13.2. The Kier molecular flexibility index (Phi) is 7.12. The van der Waals surface area contributed by atoms with Gasteiger partial charge in [-0.1, -0.05) is 46.8 Å². The summed E-state index contributed by atoms with van der Waals surface area (Å²) in [6.45, 7) is 20.8. The number of hydrogen-bond donors (Lipinski definition) is 2. The quantitative estimate of drug-likeness (QED) is 0.270. The van der Waals surface area contributed by atoms with Gasteiger partial charge in [-0.05, 0) is 136 Å². The maximum Gasteiger partial charge on any atom is 0.310 e. The number of carboxylic acid groups (broad SMARTS) is 1. The third-order valence-electron chi connectivity index (χ3n) is 15.3. The van der Waals surface area contributed by atoms with Crippen molar-refractivity contribution in [3.63, 3.8) is 0 Å². The summed E-state index contributed by atoms with van der Waals surface area (Å²) < 4.78 is 6.38. The number of aliphatic carboxylic acids is 1. The van der Waals surface area contributed by atoms with Crippen LogP contribution in [0.5, 0.6) is 0 Å². The zero-order valence-electron chi connectivity index (χ0n) is 26.8. The van der Waals surface area contributed by atoms with Crippen molar-refractivity contribution in [1.82, 2.24) is 5.32 Å². The molecule has 0 spiro atoms. The van der Waals surface area contributed by atoms with Crippen molar-refractivity contribution < 1.29 is 19.4 Å². The van der Waals surface area contributed by atoms with E-state index in [0.29, 0.717) is 23.7 Å². The Morgan fingerprint density at radius 1 is 0.854 bits per heavy atom. The van der Waals surface area contributed by atoms with Crippen molar-refractivity contribution in [1.29, 1.82) is 0 Å². The zero-order chi connectivity index (χ0) is 29.6. The van der Waals surface area contributed by atoms with Crippen LogP contribution in [0.2, 0.25) is 0 Å². The van der Waals surface area contributed by atoms with Crippen molar-refractivity contribution in [3.8, 4) is 0 Å². The van der Waals surface area contributed by atoms with Gasteiger partial charge in [0, 0.05) is 12.0 Å². The van der Waals surface area contributed by atoms with Crippen LogP contribution in [0, 0.1) is 62.6 Å². The third-order valence-corrected chi connectivity index (χ3v) is 15.3. The van der Waals surface area contributed by atoms with Crippen molar-refractivity contribution in [2.75, 3.05) is 13.1 Å². The average Bonchev–Trinajstić information content (AvgIpc) is 3.33. The van der Waals surface area contributed by atoms with Gasteiger partial charge in [0.05, 0.1) is 11.3 Å². The van der Waals surface area contributed by atoms with Gasteiger partial charge in [0.2, 0.25) is 0 Å². The lowest BCUT2D eigenvalue weighted by atomic mass is 9.32. The molecule has 0 aromatic heterocycles. The molecule has 6 rings (SSSR count). The highest BCUT2D eigenvalue weighted by molar-refractivity contribution is 5.76. The molecule has 5 nitrogen and oxygen atoms in total. The molecule has 5 heteroatoms. The number of esters is 1. The van der Waals surface area contributed by atoms with E-state index in [4.69, 9.17) is 4.74 Å². The maximum atomic E-state index is 13.2. The molecule has 5 saturated carbocycles. The molecule has 6 aliphatic rings. The highest BCUT2D eigenvalue weighted by Gasteiger charge is 2.72. The van der Waals surface area contributed by atoms with Crippen LogP contribution < -0.4 is 5.32 Å². The Balaban J connectivity index is 1.28. The van der Waals surface area contributed by atoms with Crippen LogP contribution in [0.4, 0.5) is 0 Å². The molecule has 41 heavy (non-hydrogen) atoms. The molecule has 1 heterocycles. The van der Waals surface area contributed by atoms with E-state index in [1.165, 1.54) is 24.8 Å². The van der Waals surface area contributed by atoms with E-state index in [-0.39, 0.29) is 45.6 Å². The lowest BCUT2D eigenvalue weighted by molar-refractivity contribution is -0.250. The van der Waals surface area contributed by atoms with E-state index in [9.17, 15) is 14.7 Å². The van der Waals surface area contributed by atoms with E-state index in [0.717, 1.165) is 70.9 Å². The van der Waals surface area contributed by atoms with E-state index in [1.807, 2.05) is 0 Å². The standard InChI is InChI=1S/C36H57NO4/c1-22(2)24-12-17-36(31(39)40)19-18-34(6)25(29(24)36)10-11-27-33(5)15-14-28(41-30(38)23-9-8-20-37-21-23)32(3,4)26(33)13-16-35(27,34)7/h23-29,37H,1,8-21H2,2-7H3,(H,39,40)/t23?,24-,25+,26-,27+,28-,29+,33-,34+,35+,36-/m0/s1. The minimum absolute atomic E-state index is 0.000531. The number of carboxylic acids is 1. The Hall–Kier alpha value is -1.36. The molecular formula is C36H57NO4. The Labute approximate surface area is 249 Å². The molecule has 0 bridgehead atoms. The van der Waals surface area contributed by atoms with Crippen LogP contribution in [-0.2, 0) is 14.3 Å². The minimum Gasteiger partial charge on any atom is -0.481 e. The SMILES string of the molecule is C=C(C)[C@@H]1CC[C@]2(C(=O)O)CC[C@]3(C)[C@H](CC[C@@H]4[C@@]5(C)CC[C@H](OC(=O)C6CCCNC6)C(C)(C)[C@@H]5CC[C@]43C)[C@@H]12. The molecule has 0 aromatic carbocycles. The third kappa shape index (κ3) is 4.02. The van der Waals surface area contributed by atoms with E-state index < -0.39 is 11.4 Å². The Bertz CT molecular complexity index is 1090. The number of piperidine rings is 1. The average molecular weight is 568 g/mol. The fraction of sp³-hybridized carbons (Fsp3) is 0.889. The van der Waals surface area contributed by atoms with E-state index in [2.05, 4.69) is 53.4 Å². The number of hydrogen-bond acceptors (Lipinski definition) is 4. The van der Waals surface area contributed by atoms with E-state index in [1.54, 1.807) is 0 Å². The summed E-state index contributed by atoms with van der Waals surface area (Å²) in [7, 11) is 0. The largest absolute Gasteiger partial charge is 0.481 e. The van der Waals surface area contributed by atoms with Crippen LogP contribution in [-0.4, -0.2) is 36.2 Å². The highest BCUT2D eigenvalue weighted by Crippen LogP contribution is 2.77. The van der Waals surface area contributed by atoms with Gasteiger partial charge in [-0.2, -0.15) is 0 Å². The number of nitrogens with one attached hydrogen (secondary N) is 1. The van der Waals surface area contributed by atoms with Crippen molar-refractivity contribution in [2.24, 2.45) is 62.6 Å². The number of carbonyl (C=O) groups is 2. The van der Waals surface area contributed by atoms with Gasteiger partial charge in [-0.25, -0.2) is 0 Å². The lowest BCUT2D eigenvalue weighted by Crippen LogP contribution is -2.67. The van der Waals surface area contributed by atoms with Gasteiger partial charge >= 0.3 is 11.9 Å². The molecule has 0 aromatic rings. The molecule has 1 saturated heterocycles. The highest BCUT2D eigenvalue weighted by atomic mass is 16.5. The summed E-state index contributed by atoms with van der Waals surface area (Å²) in [5.74, 6) is 1.63. The van der Waals surface area contributed by atoms with Gasteiger partial charge < -0.3 is 15.2 Å². The summed E-state index contributed by atoms with van der Waals surface area (Å²) >= 11 is 0. The topological polar surface area (TPSA) is 75.6 Å². The first-order chi connectivity index (χ1) is 19.2. The number of rotatable bonds is 4. The molecule has 2 N–H and O–H groups in total. The summed E-state index contributed by atoms with van der Waals surface area (Å²) in [4.78, 5) is 26.1. The second-order valence-corrected chi connectivity index (χ2v) is 17.0. The molecule has 230 valence electrons. The molecule has 5 aliphatic carbocycles. The second-order valence-electron chi connectivity index (χ2n) is 17.0. The van der Waals surface area contributed by atoms with Crippen molar-refractivity contribution in [2.45, 2.75) is 125 Å². The van der Waals surface area contributed by atoms with Crippen LogP contribution in [0.3, 0.4) is 0 Å². The first-order valence-electron chi connectivity index (χ1n) is 17.0. The number of carbonyl (C=O) groups excluding carboxylic acids is 1. The zero-order valence-corrected chi connectivity index (χ0v) is 26.8. The first-order valence-corrected chi connectivity index (χ1v) is 17.0. The number of ether oxygens (including phenoxy) is 1. The van der Waals surface area contributed by atoms with Gasteiger partial charge in [0.25, 0.3) is 0 Å². The number of fused-ring (bicyclic) bond motifs is 7. The van der Waals surface area contributed by atoms with Crippen LogP contribution in [0.1, 0.15) is 119 Å². The van der Waals surface area contributed by atoms with Crippen LogP contribution in [0.15, 0.2) is 12.2 Å². The minimum atomic E-state index is -0.560. The molecule has 0 amide bonds. The molecule has 1 unspecified atom stereocenters. The fourth-order valence-corrected chi connectivity index (χ4v) is 13.0. The molecule has 6 fully saturated rings. The summed E-state index contributed by atoms with van der Waals surface area (Å²) in [6, 6.07) is 0. The van der Waals surface area contributed by atoms with Gasteiger partial charge in [0.15, 0.2) is 0 Å². The predicted molar refractivity (Wildman–Crippen MR) is 162 cm³/mol. The number of allylic oxidation sites excluding steroid dienone is 1. The summed E-state index contributed by atoms with van der Waals surface area (Å²) in [5, 5.41) is 14.0. The van der Waals surface area contributed by atoms with Crippen molar-refractivity contribution >= 4 is 11.9 Å². The Morgan fingerprint density at radius 3 is 2.27 bits per heavy atom. The summed E-state index contributed by atoms with van der Waals surface area (Å²) in [6.07, 6.45) is 12.5.